The van der Waals surface area contributed by atoms with Gasteiger partial charge in [-0.1, -0.05) is 18.2 Å². The summed E-state index contributed by atoms with van der Waals surface area (Å²) >= 11 is 1.70. The summed E-state index contributed by atoms with van der Waals surface area (Å²) in [5.74, 6) is 0.0329. The first-order valence-corrected chi connectivity index (χ1v) is 8.34. The van der Waals surface area contributed by atoms with Crippen molar-refractivity contribution in [3.63, 3.8) is 0 Å². The zero-order valence-corrected chi connectivity index (χ0v) is 12.8. The zero-order chi connectivity index (χ0) is 14.5. The molecule has 21 heavy (non-hydrogen) atoms. The summed E-state index contributed by atoms with van der Waals surface area (Å²) in [6.07, 6.45) is 4.69. The fraction of sp³-hybridized carbons (Fsp3) is 0.353. The van der Waals surface area contributed by atoms with Crippen molar-refractivity contribution in [3.8, 4) is 0 Å². The lowest BCUT2D eigenvalue weighted by molar-refractivity contribution is -0.115. The number of carbonyl (C=O) groups is 1. The van der Waals surface area contributed by atoms with E-state index in [9.17, 15) is 4.79 Å². The summed E-state index contributed by atoms with van der Waals surface area (Å²) in [6, 6.07) is 10.3. The number of thiophene rings is 1. The summed E-state index contributed by atoms with van der Waals surface area (Å²) in [4.78, 5) is 13.3. The molecule has 1 amide bonds. The minimum atomic E-state index is 0.0329. The third-order valence-electron chi connectivity index (χ3n) is 3.83. The number of nitrogens with one attached hydrogen (secondary N) is 2. The molecule has 3 nitrogen and oxygen atoms in total. The Bertz CT molecular complexity index is 607. The van der Waals surface area contributed by atoms with Crippen LogP contribution in [-0.4, -0.2) is 12.5 Å². The molecule has 0 saturated heterocycles. The highest BCUT2D eigenvalue weighted by Crippen LogP contribution is 2.27. The third-order valence-corrected chi connectivity index (χ3v) is 4.71. The van der Waals surface area contributed by atoms with Crippen LogP contribution in [-0.2, 0) is 24.2 Å². The molecule has 1 aromatic carbocycles. The minimum absolute atomic E-state index is 0.0329. The van der Waals surface area contributed by atoms with Gasteiger partial charge in [-0.2, -0.15) is 0 Å². The van der Waals surface area contributed by atoms with Gasteiger partial charge in [0.15, 0.2) is 0 Å². The van der Waals surface area contributed by atoms with Gasteiger partial charge in [0.25, 0.3) is 0 Å². The molecule has 0 bridgehead atoms. The lowest BCUT2D eigenvalue weighted by Crippen LogP contribution is -2.28. The molecule has 0 aliphatic heterocycles. The molecule has 2 N–H and O–H groups in total. The summed E-state index contributed by atoms with van der Waals surface area (Å²) < 4.78 is 0. The monoisotopic (exact) mass is 300 g/mol. The van der Waals surface area contributed by atoms with Crippen LogP contribution in [0.25, 0.3) is 0 Å². The van der Waals surface area contributed by atoms with Crippen LogP contribution in [0.4, 0.5) is 5.69 Å². The molecule has 3 rings (SSSR count). The smallest absolute Gasteiger partial charge is 0.238 e. The second-order valence-electron chi connectivity index (χ2n) is 5.38. The highest BCUT2D eigenvalue weighted by Gasteiger charge is 2.14. The maximum atomic E-state index is 12.1. The number of hydrogen-bond acceptors (Lipinski definition) is 3. The predicted octanol–water partition coefficient (Wildman–Crippen LogP) is 3.36. The van der Waals surface area contributed by atoms with E-state index in [1.165, 1.54) is 28.8 Å². The molecule has 110 valence electrons. The second-order valence-corrected chi connectivity index (χ2v) is 6.41. The number of hydrogen-bond donors (Lipinski definition) is 2. The summed E-state index contributed by atoms with van der Waals surface area (Å²) in [5.41, 5.74) is 3.72. The van der Waals surface area contributed by atoms with Gasteiger partial charge in [0.1, 0.15) is 0 Å². The summed E-state index contributed by atoms with van der Waals surface area (Å²) in [5, 5.41) is 8.29. The van der Waals surface area contributed by atoms with Crippen LogP contribution < -0.4 is 10.6 Å². The first-order valence-electron chi connectivity index (χ1n) is 7.46. The first-order chi connectivity index (χ1) is 10.3. The van der Waals surface area contributed by atoms with Crippen LogP contribution in [0.1, 0.15) is 28.8 Å². The highest BCUT2D eigenvalue weighted by atomic mass is 32.1. The fourth-order valence-corrected chi connectivity index (χ4v) is 3.48. The van der Waals surface area contributed by atoms with E-state index in [0.717, 1.165) is 25.1 Å². The zero-order valence-electron chi connectivity index (χ0n) is 12.0. The molecule has 1 aliphatic rings. The van der Waals surface area contributed by atoms with Gasteiger partial charge in [0.2, 0.25) is 5.91 Å². The van der Waals surface area contributed by atoms with Crippen LogP contribution in [0, 0.1) is 0 Å². The summed E-state index contributed by atoms with van der Waals surface area (Å²) in [7, 11) is 0. The van der Waals surface area contributed by atoms with E-state index in [4.69, 9.17) is 0 Å². The Labute approximate surface area is 129 Å². The standard InChI is InChI=1S/C17H20N2OS/c20-17(12-18-11-14-7-4-10-21-14)19-16-9-3-6-13-5-1-2-8-15(13)16/h3-4,6-7,9-10,18H,1-2,5,8,11-12H2,(H,19,20). The van der Waals surface area contributed by atoms with E-state index >= 15 is 0 Å². The van der Waals surface area contributed by atoms with Crippen molar-refractivity contribution in [2.75, 3.05) is 11.9 Å². The number of amides is 1. The molecular formula is C17H20N2OS. The van der Waals surface area contributed by atoms with Crippen LogP contribution in [0.2, 0.25) is 0 Å². The van der Waals surface area contributed by atoms with Crippen molar-refractivity contribution >= 4 is 22.9 Å². The van der Waals surface area contributed by atoms with E-state index in [1.54, 1.807) is 11.3 Å². The first kappa shape index (κ1) is 14.3. The average Bonchev–Trinajstić information content (AvgIpc) is 3.01. The average molecular weight is 300 g/mol. The van der Waals surface area contributed by atoms with E-state index in [1.807, 2.05) is 23.6 Å². The van der Waals surface area contributed by atoms with E-state index in [0.29, 0.717) is 6.54 Å². The number of aryl methyl sites for hydroxylation is 1. The molecule has 0 atom stereocenters. The van der Waals surface area contributed by atoms with Gasteiger partial charge in [-0.25, -0.2) is 0 Å². The van der Waals surface area contributed by atoms with Crippen molar-refractivity contribution in [1.82, 2.24) is 5.32 Å². The molecule has 0 unspecified atom stereocenters. The predicted molar refractivity (Wildman–Crippen MR) is 87.7 cm³/mol. The quantitative estimate of drug-likeness (QED) is 0.889. The number of fused-ring (bicyclic) bond motifs is 1. The Morgan fingerprint density at radius 1 is 1.14 bits per heavy atom. The lowest BCUT2D eigenvalue weighted by atomic mass is 9.90. The molecule has 1 aliphatic carbocycles. The summed E-state index contributed by atoms with van der Waals surface area (Å²) in [6.45, 7) is 1.10. The van der Waals surface area contributed by atoms with E-state index in [2.05, 4.69) is 22.8 Å². The Morgan fingerprint density at radius 2 is 2.05 bits per heavy atom. The minimum Gasteiger partial charge on any atom is -0.325 e. The Hall–Kier alpha value is -1.65. The highest BCUT2D eigenvalue weighted by molar-refractivity contribution is 7.09. The van der Waals surface area contributed by atoms with E-state index in [-0.39, 0.29) is 5.91 Å². The Kier molecular flexibility index (Phi) is 4.68. The number of rotatable bonds is 5. The normalized spacial score (nSPS) is 13.7. The number of benzene rings is 1. The van der Waals surface area contributed by atoms with Crippen molar-refractivity contribution < 1.29 is 4.79 Å². The molecule has 0 saturated carbocycles. The lowest BCUT2D eigenvalue weighted by Gasteiger charge is -2.19. The SMILES string of the molecule is O=C(CNCc1cccs1)Nc1cccc2c1CCCC2. The topological polar surface area (TPSA) is 41.1 Å². The number of anilines is 1. The second kappa shape index (κ2) is 6.87. The Balaban J connectivity index is 1.55. The van der Waals surface area contributed by atoms with Crippen LogP contribution in [0.15, 0.2) is 35.7 Å². The van der Waals surface area contributed by atoms with Crippen LogP contribution in [0.3, 0.4) is 0 Å². The van der Waals surface area contributed by atoms with Gasteiger partial charge in [-0.15, -0.1) is 11.3 Å². The van der Waals surface area contributed by atoms with Gasteiger partial charge in [0.05, 0.1) is 6.54 Å². The maximum Gasteiger partial charge on any atom is 0.238 e. The van der Waals surface area contributed by atoms with Crippen LogP contribution in [0.5, 0.6) is 0 Å². The van der Waals surface area contributed by atoms with Crippen molar-refractivity contribution in [3.05, 3.63) is 51.7 Å². The van der Waals surface area contributed by atoms with Crippen molar-refractivity contribution in [2.24, 2.45) is 0 Å². The Morgan fingerprint density at radius 3 is 2.90 bits per heavy atom. The van der Waals surface area contributed by atoms with Crippen molar-refractivity contribution in [1.29, 1.82) is 0 Å². The van der Waals surface area contributed by atoms with Gasteiger partial charge in [-0.3, -0.25) is 4.79 Å². The molecule has 0 fully saturated rings. The van der Waals surface area contributed by atoms with Gasteiger partial charge >= 0.3 is 0 Å². The molecule has 0 spiro atoms. The maximum absolute atomic E-state index is 12.1. The van der Waals surface area contributed by atoms with E-state index < -0.39 is 0 Å². The number of carbonyl (C=O) groups excluding carboxylic acids is 1. The molecular weight excluding hydrogens is 280 g/mol. The third kappa shape index (κ3) is 3.71. The van der Waals surface area contributed by atoms with Gasteiger partial charge < -0.3 is 10.6 Å². The van der Waals surface area contributed by atoms with Crippen LogP contribution >= 0.6 is 11.3 Å². The molecule has 0 radical (unpaired) electrons. The van der Waals surface area contributed by atoms with Gasteiger partial charge in [-0.05, 0) is 54.3 Å². The molecule has 4 heteroatoms. The fourth-order valence-electron chi connectivity index (χ4n) is 2.81. The largest absolute Gasteiger partial charge is 0.325 e. The molecule has 1 aromatic heterocycles. The van der Waals surface area contributed by atoms with Gasteiger partial charge in [0, 0.05) is 17.1 Å². The molecule has 1 heterocycles. The van der Waals surface area contributed by atoms with Crippen molar-refractivity contribution in [2.45, 2.75) is 32.2 Å². The molecule has 2 aromatic rings.